The molecule has 1 N–H and O–H groups in total. The first-order valence-electron chi connectivity index (χ1n) is 6.39. The van der Waals surface area contributed by atoms with Crippen LogP contribution >= 0.6 is 0 Å². The minimum absolute atomic E-state index is 0.292. The molecule has 0 atom stereocenters. The maximum atomic E-state index is 8.68. The molecule has 1 aromatic carbocycles. The van der Waals surface area contributed by atoms with Gasteiger partial charge in [-0.05, 0) is 5.56 Å². The minimum Gasteiger partial charge on any atom is -0.336 e. The Balaban J connectivity index is 1.68. The molecule has 3 rings (SSSR count). The van der Waals surface area contributed by atoms with Crippen molar-refractivity contribution in [2.75, 3.05) is 5.32 Å². The Morgan fingerprint density at radius 2 is 1.95 bits per heavy atom. The molecule has 0 bridgehead atoms. The van der Waals surface area contributed by atoms with E-state index in [1.807, 2.05) is 35.1 Å². The highest BCUT2D eigenvalue weighted by molar-refractivity contribution is 5.52. The van der Waals surface area contributed by atoms with Crippen molar-refractivity contribution in [3.05, 3.63) is 66.4 Å². The zero-order valence-corrected chi connectivity index (χ0v) is 11.1. The van der Waals surface area contributed by atoms with Gasteiger partial charge in [-0.15, -0.1) is 0 Å². The third kappa shape index (κ3) is 3.22. The molecule has 6 nitrogen and oxygen atoms in total. The predicted octanol–water partition coefficient (Wildman–Crippen LogP) is 2.34. The highest BCUT2D eigenvalue weighted by Gasteiger charge is 2.02. The van der Waals surface area contributed by atoms with Crippen LogP contribution in [0, 0.1) is 11.3 Å². The highest BCUT2D eigenvalue weighted by Crippen LogP contribution is 2.13. The molecule has 0 saturated carbocycles. The van der Waals surface area contributed by atoms with Crippen LogP contribution in [0.3, 0.4) is 0 Å². The average Bonchev–Trinajstić information content (AvgIpc) is 2.96. The number of aromatic nitrogens is 4. The standard InChI is InChI=1S/C15H12N6/c16-6-13-7-18-15(9-17-13)20-14-8-19-21(11-14)10-12-4-2-1-3-5-12/h1-5,7-9,11H,10H2,(H,18,20). The van der Waals surface area contributed by atoms with Crippen molar-refractivity contribution >= 4 is 11.5 Å². The number of hydrogen-bond donors (Lipinski definition) is 1. The zero-order chi connectivity index (χ0) is 14.5. The van der Waals surface area contributed by atoms with Gasteiger partial charge in [0.1, 0.15) is 11.9 Å². The molecule has 2 aromatic heterocycles. The van der Waals surface area contributed by atoms with E-state index >= 15 is 0 Å². The molecule has 0 spiro atoms. The normalized spacial score (nSPS) is 10.0. The lowest BCUT2D eigenvalue weighted by molar-refractivity contribution is 0.687. The van der Waals surface area contributed by atoms with Gasteiger partial charge in [0.05, 0.1) is 30.8 Å². The molecule has 0 aliphatic carbocycles. The van der Waals surface area contributed by atoms with E-state index in [1.165, 1.54) is 18.0 Å². The summed E-state index contributed by atoms with van der Waals surface area (Å²) in [5.74, 6) is 0.577. The highest BCUT2D eigenvalue weighted by atomic mass is 15.3. The average molecular weight is 276 g/mol. The van der Waals surface area contributed by atoms with Gasteiger partial charge >= 0.3 is 0 Å². The summed E-state index contributed by atoms with van der Waals surface area (Å²) in [6.45, 7) is 0.710. The van der Waals surface area contributed by atoms with Crippen molar-refractivity contribution in [3.63, 3.8) is 0 Å². The van der Waals surface area contributed by atoms with Crippen molar-refractivity contribution in [2.45, 2.75) is 6.54 Å². The van der Waals surface area contributed by atoms with Gasteiger partial charge in [0, 0.05) is 6.20 Å². The summed E-state index contributed by atoms with van der Waals surface area (Å²) >= 11 is 0. The monoisotopic (exact) mass is 276 g/mol. The fourth-order valence-corrected chi connectivity index (χ4v) is 1.88. The van der Waals surface area contributed by atoms with Crippen LogP contribution in [0.25, 0.3) is 0 Å². The van der Waals surface area contributed by atoms with Crippen molar-refractivity contribution < 1.29 is 0 Å². The maximum absolute atomic E-state index is 8.68. The smallest absolute Gasteiger partial charge is 0.158 e. The lowest BCUT2D eigenvalue weighted by Crippen LogP contribution is -1.99. The Morgan fingerprint density at radius 1 is 1.10 bits per heavy atom. The van der Waals surface area contributed by atoms with Crippen LogP contribution in [0.5, 0.6) is 0 Å². The van der Waals surface area contributed by atoms with Gasteiger partial charge in [-0.1, -0.05) is 30.3 Å². The fraction of sp³-hybridized carbons (Fsp3) is 0.0667. The number of benzene rings is 1. The molecular weight excluding hydrogens is 264 g/mol. The number of nitrogens with one attached hydrogen (secondary N) is 1. The van der Waals surface area contributed by atoms with Crippen LogP contribution in [0.15, 0.2) is 55.1 Å². The number of nitriles is 1. The molecule has 0 saturated heterocycles. The van der Waals surface area contributed by atoms with E-state index in [0.29, 0.717) is 18.1 Å². The summed E-state index contributed by atoms with van der Waals surface area (Å²) in [6, 6.07) is 12.0. The summed E-state index contributed by atoms with van der Waals surface area (Å²) < 4.78 is 1.84. The predicted molar refractivity (Wildman–Crippen MR) is 77.8 cm³/mol. The van der Waals surface area contributed by atoms with E-state index in [9.17, 15) is 0 Å². The molecule has 102 valence electrons. The van der Waals surface area contributed by atoms with E-state index in [1.54, 1.807) is 6.20 Å². The fourth-order valence-electron chi connectivity index (χ4n) is 1.88. The third-order valence-corrected chi connectivity index (χ3v) is 2.86. The van der Waals surface area contributed by atoms with Gasteiger partial charge < -0.3 is 5.32 Å². The van der Waals surface area contributed by atoms with Crippen LogP contribution in [0.4, 0.5) is 11.5 Å². The molecule has 3 aromatic rings. The largest absolute Gasteiger partial charge is 0.336 e. The molecule has 6 heteroatoms. The van der Waals surface area contributed by atoms with E-state index in [2.05, 4.69) is 32.5 Å². The molecule has 0 unspecified atom stereocenters. The Labute approximate surface area is 121 Å². The number of hydrogen-bond acceptors (Lipinski definition) is 5. The number of nitrogens with zero attached hydrogens (tertiary/aromatic N) is 5. The van der Waals surface area contributed by atoms with Gasteiger partial charge in [-0.25, -0.2) is 9.97 Å². The second-order valence-electron chi connectivity index (χ2n) is 4.44. The van der Waals surface area contributed by atoms with Gasteiger partial charge in [0.2, 0.25) is 0 Å². The Hall–Kier alpha value is -3.20. The van der Waals surface area contributed by atoms with Crippen LogP contribution in [0.2, 0.25) is 0 Å². The molecule has 2 heterocycles. The SMILES string of the molecule is N#Cc1cnc(Nc2cnn(Cc3ccccc3)c2)cn1. The van der Waals surface area contributed by atoms with Crippen molar-refractivity contribution in [3.8, 4) is 6.07 Å². The summed E-state index contributed by atoms with van der Waals surface area (Å²) in [5.41, 5.74) is 2.30. The van der Waals surface area contributed by atoms with E-state index in [-0.39, 0.29) is 0 Å². The first-order valence-corrected chi connectivity index (χ1v) is 6.39. The van der Waals surface area contributed by atoms with E-state index in [4.69, 9.17) is 5.26 Å². The van der Waals surface area contributed by atoms with Crippen LogP contribution < -0.4 is 5.32 Å². The lowest BCUT2D eigenvalue weighted by atomic mass is 10.2. The summed E-state index contributed by atoms with van der Waals surface area (Å²) in [5, 5.41) is 16.1. The lowest BCUT2D eigenvalue weighted by Gasteiger charge is -2.02. The molecule has 0 aliphatic rings. The van der Waals surface area contributed by atoms with Gasteiger partial charge in [-0.2, -0.15) is 10.4 Å². The molecule has 0 amide bonds. The molecule has 0 fully saturated rings. The van der Waals surface area contributed by atoms with E-state index in [0.717, 1.165) is 5.69 Å². The minimum atomic E-state index is 0.292. The first-order chi connectivity index (χ1) is 10.3. The third-order valence-electron chi connectivity index (χ3n) is 2.86. The Morgan fingerprint density at radius 3 is 2.67 bits per heavy atom. The van der Waals surface area contributed by atoms with Crippen LogP contribution in [0.1, 0.15) is 11.3 Å². The second kappa shape index (κ2) is 5.84. The van der Waals surface area contributed by atoms with Gasteiger partial charge in [-0.3, -0.25) is 4.68 Å². The second-order valence-corrected chi connectivity index (χ2v) is 4.44. The van der Waals surface area contributed by atoms with Gasteiger partial charge in [0.15, 0.2) is 5.69 Å². The molecular formula is C15H12N6. The van der Waals surface area contributed by atoms with E-state index < -0.39 is 0 Å². The van der Waals surface area contributed by atoms with Crippen LogP contribution in [-0.2, 0) is 6.54 Å². The summed E-state index contributed by atoms with van der Waals surface area (Å²) in [6.07, 6.45) is 6.57. The van der Waals surface area contributed by atoms with Crippen molar-refractivity contribution in [2.24, 2.45) is 0 Å². The van der Waals surface area contributed by atoms with Crippen molar-refractivity contribution in [1.82, 2.24) is 19.7 Å². The first kappa shape index (κ1) is 12.8. The Bertz CT molecular complexity index is 755. The quantitative estimate of drug-likeness (QED) is 0.791. The summed E-state index contributed by atoms with van der Waals surface area (Å²) in [4.78, 5) is 8.06. The molecule has 0 aliphatic heterocycles. The molecule has 0 radical (unpaired) electrons. The summed E-state index contributed by atoms with van der Waals surface area (Å²) in [7, 11) is 0. The number of rotatable bonds is 4. The zero-order valence-electron chi connectivity index (χ0n) is 11.1. The maximum Gasteiger partial charge on any atom is 0.158 e. The Kier molecular flexibility index (Phi) is 3.56. The molecule has 21 heavy (non-hydrogen) atoms. The topological polar surface area (TPSA) is 79.4 Å². The van der Waals surface area contributed by atoms with Crippen molar-refractivity contribution in [1.29, 1.82) is 5.26 Å². The van der Waals surface area contributed by atoms with Gasteiger partial charge in [0.25, 0.3) is 0 Å². The number of anilines is 2. The van der Waals surface area contributed by atoms with Crippen LogP contribution in [-0.4, -0.2) is 19.7 Å².